The number of carbonyl (C=O) groups excluding carboxylic acids is 1. The number of hydrogen-bond acceptors (Lipinski definition) is 6. The van der Waals surface area contributed by atoms with E-state index in [1.165, 1.54) is 0 Å². The molecule has 0 bridgehead atoms. The Balaban J connectivity index is 1.35. The first-order valence-electron chi connectivity index (χ1n) is 12.1. The van der Waals surface area contributed by atoms with Crippen molar-refractivity contribution >= 4 is 40.0 Å². The van der Waals surface area contributed by atoms with Gasteiger partial charge in [0.15, 0.2) is 5.65 Å². The van der Waals surface area contributed by atoms with Gasteiger partial charge in [0.05, 0.1) is 16.9 Å². The number of rotatable bonds is 5. The van der Waals surface area contributed by atoms with Gasteiger partial charge in [0.25, 0.3) is 0 Å². The number of pyridine rings is 1. The van der Waals surface area contributed by atoms with Crippen LogP contribution >= 0.6 is 11.6 Å². The summed E-state index contributed by atoms with van der Waals surface area (Å²) in [5.74, 6) is 0.879. The van der Waals surface area contributed by atoms with Gasteiger partial charge < -0.3 is 25.4 Å². The Morgan fingerprint density at radius 1 is 1.12 bits per heavy atom. The highest BCUT2D eigenvalue weighted by atomic mass is 35.5. The molecule has 0 atom stereocenters. The molecule has 3 N–H and O–H groups in total. The number of piperidine rings is 1. The van der Waals surface area contributed by atoms with Gasteiger partial charge in [-0.25, -0.2) is 9.97 Å². The molecule has 2 aromatic heterocycles. The summed E-state index contributed by atoms with van der Waals surface area (Å²) in [4.78, 5) is 29.0. The van der Waals surface area contributed by atoms with Crippen LogP contribution in [-0.4, -0.2) is 70.6 Å². The minimum atomic E-state index is 0.113. The predicted octanol–water partition coefficient (Wildman–Crippen LogP) is 3.89. The molecule has 0 aliphatic carbocycles. The molecule has 0 saturated carbocycles. The fraction of sp³-hybridized carbons (Fsp3) is 0.480. The van der Waals surface area contributed by atoms with Crippen molar-refractivity contribution < 1.29 is 4.79 Å². The van der Waals surface area contributed by atoms with Crippen molar-refractivity contribution in [3.8, 4) is 11.4 Å². The minimum absolute atomic E-state index is 0.113. The second kappa shape index (κ2) is 9.80. The van der Waals surface area contributed by atoms with Gasteiger partial charge in [0, 0.05) is 62.5 Å². The first-order valence-corrected chi connectivity index (χ1v) is 12.5. The third kappa shape index (κ3) is 4.83. The van der Waals surface area contributed by atoms with Crippen molar-refractivity contribution in [1.82, 2.24) is 25.2 Å². The van der Waals surface area contributed by atoms with Crippen molar-refractivity contribution in [2.24, 2.45) is 0 Å². The van der Waals surface area contributed by atoms with E-state index in [2.05, 4.69) is 68.5 Å². The second-order valence-electron chi connectivity index (χ2n) is 9.45. The topological polar surface area (TPSA) is 89.2 Å². The van der Waals surface area contributed by atoms with Crippen molar-refractivity contribution in [2.45, 2.75) is 45.2 Å². The molecule has 3 aromatic rings. The summed E-state index contributed by atoms with van der Waals surface area (Å²) in [5, 5.41) is 7.19. The van der Waals surface area contributed by atoms with Crippen LogP contribution in [-0.2, 0) is 4.79 Å². The third-order valence-electron chi connectivity index (χ3n) is 6.90. The van der Waals surface area contributed by atoms with Crippen LogP contribution in [0, 0.1) is 0 Å². The zero-order valence-corrected chi connectivity index (χ0v) is 20.5. The Morgan fingerprint density at radius 2 is 1.88 bits per heavy atom. The molecule has 2 saturated heterocycles. The Bertz CT molecular complexity index is 1150. The van der Waals surface area contributed by atoms with E-state index in [9.17, 15) is 4.79 Å². The van der Waals surface area contributed by atoms with Crippen LogP contribution < -0.4 is 15.5 Å². The number of nitrogens with one attached hydrogen (secondary N) is 3. The number of imidazole rings is 1. The summed E-state index contributed by atoms with van der Waals surface area (Å²) in [6, 6.07) is 9.24. The molecule has 0 spiro atoms. The number of aromatic amines is 1. The number of hydrogen-bond donors (Lipinski definition) is 3. The van der Waals surface area contributed by atoms with Gasteiger partial charge >= 0.3 is 0 Å². The van der Waals surface area contributed by atoms with E-state index in [4.69, 9.17) is 16.6 Å². The number of fused-ring (bicyclic) bond motifs is 1. The van der Waals surface area contributed by atoms with E-state index < -0.39 is 0 Å². The van der Waals surface area contributed by atoms with E-state index in [1.54, 1.807) is 6.20 Å². The predicted molar refractivity (Wildman–Crippen MR) is 138 cm³/mol. The molecule has 2 aliphatic rings. The van der Waals surface area contributed by atoms with Crippen LogP contribution in [0.25, 0.3) is 22.6 Å². The van der Waals surface area contributed by atoms with E-state index in [0.29, 0.717) is 35.7 Å². The first kappa shape index (κ1) is 22.9. The van der Waals surface area contributed by atoms with Crippen molar-refractivity contribution in [2.75, 3.05) is 42.9 Å². The SMILES string of the molecule is CC(C)N1CCC(Nc2c(Cl)cnc3nc(-c4ccc(N5CCNC(=O)CC5)cc4)[nH]c23)CC1. The molecular formula is C25H32ClN7O. The molecule has 8 nitrogen and oxygen atoms in total. The van der Waals surface area contributed by atoms with Gasteiger partial charge in [-0.2, -0.15) is 0 Å². The molecule has 9 heteroatoms. The van der Waals surface area contributed by atoms with Crippen LogP contribution in [0.5, 0.6) is 0 Å². The van der Waals surface area contributed by atoms with Gasteiger partial charge in [0.1, 0.15) is 11.3 Å². The third-order valence-corrected chi connectivity index (χ3v) is 7.19. The fourth-order valence-electron chi connectivity index (χ4n) is 4.83. The quantitative estimate of drug-likeness (QED) is 0.512. The maximum absolute atomic E-state index is 11.6. The van der Waals surface area contributed by atoms with Crippen LogP contribution in [0.1, 0.15) is 33.1 Å². The smallest absolute Gasteiger partial charge is 0.221 e. The lowest BCUT2D eigenvalue weighted by atomic mass is 10.0. The van der Waals surface area contributed by atoms with Crippen molar-refractivity contribution in [3.63, 3.8) is 0 Å². The molecule has 1 aromatic carbocycles. The number of halogens is 1. The Morgan fingerprint density at radius 3 is 2.62 bits per heavy atom. The summed E-state index contributed by atoms with van der Waals surface area (Å²) in [7, 11) is 0. The number of anilines is 2. The average Bonchev–Trinajstić information content (AvgIpc) is 3.16. The lowest BCUT2D eigenvalue weighted by Crippen LogP contribution is -2.42. The Labute approximate surface area is 205 Å². The van der Waals surface area contributed by atoms with Gasteiger partial charge in [-0.3, -0.25) is 4.79 Å². The summed E-state index contributed by atoms with van der Waals surface area (Å²) >= 11 is 6.57. The van der Waals surface area contributed by atoms with Gasteiger partial charge in [-0.15, -0.1) is 0 Å². The minimum Gasteiger partial charge on any atom is -0.379 e. The van der Waals surface area contributed by atoms with Crippen molar-refractivity contribution in [3.05, 3.63) is 35.5 Å². The van der Waals surface area contributed by atoms with E-state index in [1.807, 2.05) is 0 Å². The first-order chi connectivity index (χ1) is 16.5. The zero-order chi connectivity index (χ0) is 23.7. The maximum atomic E-state index is 11.6. The Hall–Kier alpha value is -2.84. The van der Waals surface area contributed by atoms with Crippen LogP contribution in [0.4, 0.5) is 11.4 Å². The maximum Gasteiger partial charge on any atom is 0.221 e. The number of benzene rings is 1. The van der Waals surface area contributed by atoms with E-state index in [-0.39, 0.29) is 5.91 Å². The molecule has 0 unspecified atom stereocenters. The molecule has 2 fully saturated rings. The van der Waals surface area contributed by atoms with Crippen LogP contribution in [0.2, 0.25) is 5.02 Å². The highest BCUT2D eigenvalue weighted by Crippen LogP contribution is 2.32. The number of aromatic nitrogens is 3. The zero-order valence-electron chi connectivity index (χ0n) is 19.8. The number of H-pyrrole nitrogens is 1. The largest absolute Gasteiger partial charge is 0.379 e. The van der Waals surface area contributed by atoms with Crippen LogP contribution in [0.15, 0.2) is 30.5 Å². The number of likely N-dealkylation sites (tertiary alicyclic amines) is 1. The number of carbonyl (C=O) groups is 1. The Kier molecular flexibility index (Phi) is 6.61. The average molecular weight is 482 g/mol. The molecule has 180 valence electrons. The highest BCUT2D eigenvalue weighted by Gasteiger charge is 2.23. The van der Waals surface area contributed by atoms with E-state index in [0.717, 1.165) is 67.3 Å². The summed E-state index contributed by atoms with van der Waals surface area (Å²) in [6.07, 6.45) is 4.36. The lowest BCUT2D eigenvalue weighted by Gasteiger charge is -2.35. The summed E-state index contributed by atoms with van der Waals surface area (Å²) < 4.78 is 0. The van der Waals surface area contributed by atoms with Crippen LogP contribution in [0.3, 0.4) is 0 Å². The summed E-state index contributed by atoms with van der Waals surface area (Å²) in [6.45, 7) is 8.88. The van der Waals surface area contributed by atoms with Gasteiger partial charge in [-0.1, -0.05) is 11.6 Å². The molecule has 5 rings (SSSR count). The van der Waals surface area contributed by atoms with Crippen molar-refractivity contribution in [1.29, 1.82) is 0 Å². The normalized spacial score (nSPS) is 18.4. The standard InChI is InChI=1S/C25H32ClN7O/c1-16(2)32-11-7-18(8-12-32)29-22-20(26)15-28-25-23(22)30-24(31-25)17-3-5-19(6-4-17)33-13-9-21(34)27-10-14-33/h3-6,15-16,18H,7-14H2,1-2H3,(H,27,34)(H2,28,29,30,31). The molecule has 34 heavy (non-hydrogen) atoms. The van der Waals surface area contributed by atoms with Gasteiger partial charge in [-0.05, 0) is 51.0 Å². The highest BCUT2D eigenvalue weighted by molar-refractivity contribution is 6.34. The molecule has 0 radical (unpaired) electrons. The molecule has 1 amide bonds. The molecular weight excluding hydrogens is 450 g/mol. The monoisotopic (exact) mass is 481 g/mol. The fourth-order valence-corrected chi connectivity index (χ4v) is 5.03. The second-order valence-corrected chi connectivity index (χ2v) is 9.85. The lowest BCUT2D eigenvalue weighted by molar-refractivity contribution is -0.120. The molecule has 4 heterocycles. The van der Waals surface area contributed by atoms with E-state index >= 15 is 0 Å². The summed E-state index contributed by atoms with van der Waals surface area (Å²) in [5.41, 5.74) is 4.47. The number of nitrogens with zero attached hydrogens (tertiary/aromatic N) is 4. The van der Waals surface area contributed by atoms with Gasteiger partial charge in [0.2, 0.25) is 5.91 Å². The number of amides is 1. The molecule has 2 aliphatic heterocycles.